The van der Waals surface area contributed by atoms with Crippen LogP contribution in [0.1, 0.15) is 25.0 Å². The van der Waals surface area contributed by atoms with E-state index in [4.69, 9.17) is 0 Å². The molecule has 0 aliphatic carbocycles. The molecule has 6 nitrogen and oxygen atoms in total. The van der Waals surface area contributed by atoms with E-state index in [9.17, 15) is 9.59 Å². The number of nitrogens with one attached hydrogen (secondary N) is 2. The fraction of sp³-hybridized carbons (Fsp3) is 0.200. The number of amides is 2. The van der Waals surface area contributed by atoms with E-state index in [0.29, 0.717) is 0 Å². The van der Waals surface area contributed by atoms with Gasteiger partial charge in [-0.1, -0.05) is 60.7 Å². The van der Waals surface area contributed by atoms with Gasteiger partial charge in [0.15, 0.2) is 0 Å². The minimum Gasteiger partial charge on any atom is -0.272 e. The molecule has 0 aromatic heterocycles. The third-order valence-electron chi connectivity index (χ3n) is 3.52. The molecule has 0 heterocycles. The van der Waals surface area contributed by atoms with Crippen molar-refractivity contribution in [3.05, 3.63) is 71.8 Å². The number of hydrogen-bond donors (Lipinski definition) is 2. The van der Waals surface area contributed by atoms with E-state index in [1.54, 1.807) is 26.3 Å². The zero-order chi connectivity index (χ0) is 19.5. The second kappa shape index (κ2) is 10.9. The summed E-state index contributed by atoms with van der Waals surface area (Å²) in [6.45, 7) is 3.46. The minimum absolute atomic E-state index is 0.264. The molecule has 27 heavy (non-hydrogen) atoms. The van der Waals surface area contributed by atoms with Crippen LogP contribution in [-0.4, -0.2) is 34.7 Å². The summed E-state index contributed by atoms with van der Waals surface area (Å²) in [6.07, 6.45) is 3.15. The lowest BCUT2D eigenvalue weighted by Gasteiger charge is -2.14. The van der Waals surface area contributed by atoms with Crippen molar-refractivity contribution in [1.82, 2.24) is 10.9 Å². The maximum absolute atomic E-state index is 12.1. The second-order valence-corrected chi connectivity index (χ2v) is 7.40. The molecule has 2 atom stereocenters. The summed E-state index contributed by atoms with van der Waals surface area (Å²) in [5.74, 6) is -0.528. The molecule has 0 fully saturated rings. The van der Waals surface area contributed by atoms with Gasteiger partial charge in [0, 0.05) is 0 Å². The quantitative estimate of drug-likeness (QED) is 0.544. The van der Waals surface area contributed by atoms with Crippen molar-refractivity contribution in [1.29, 1.82) is 0 Å². The van der Waals surface area contributed by atoms with Gasteiger partial charge < -0.3 is 0 Å². The molecule has 0 aliphatic rings. The molecule has 2 amide bonds. The maximum atomic E-state index is 12.1. The summed E-state index contributed by atoms with van der Waals surface area (Å²) in [4.78, 5) is 24.2. The number of carbonyl (C=O) groups excluding carboxylic acids is 2. The molecule has 0 bridgehead atoms. The minimum atomic E-state index is -0.434. The molecular weight excluding hydrogens is 360 g/mol. The molecule has 0 spiro atoms. The van der Waals surface area contributed by atoms with E-state index in [1.165, 1.54) is 11.8 Å². The number of hydrogen-bond acceptors (Lipinski definition) is 5. The van der Waals surface area contributed by atoms with E-state index < -0.39 is 10.5 Å². The Morgan fingerprint density at radius 2 is 1.15 bits per heavy atom. The first-order valence-corrected chi connectivity index (χ1v) is 9.42. The summed E-state index contributed by atoms with van der Waals surface area (Å²) in [5, 5.41) is 7.00. The largest absolute Gasteiger partial charge is 0.272 e. The van der Waals surface area contributed by atoms with Crippen molar-refractivity contribution in [3.8, 4) is 0 Å². The zero-order valence-corrected chi connectivity index (χ0v) is 16.0. The van der Waals surface area contributed by atoms with Crippen LogP contribution in [0.2, 0.25) is 0 Å². The van der Waals surface area contributed by atoms with Crippen molar-refractivity contribution in [2.75, 3.05) is 0 Å². The number of carbonyl (C=O) groups is 2. The van der Waals surface area contributed by atoms with Crippen molar-refractivity contribution in [2.24, 2.45) is 10.2 Å². The van der Waals surface area contributed by atoms with Crippen molar-refractivity contribution >= 4 is 36.0 Å². The van der Waals surface area contributed by atoms with Gasteiger partial charge in [0.05, 0.1) is 22.9 Å². The summed E-state index contributed by atoms with van der Waals surface area (Å²) in [6, 6.07) is 18.9. The average Bonchev–Trinajstić information content (AvgIpc) is 2.69. The van der Waals surface area contributed by atoms with Gasteiger partial charge in [-0.05, 0) is 25.0 Å². The van der Waals surface area contributed by atoms with Crippen LogP contribution in [0.5, 0.6) is 0 Å². The topological polar surface area (TPSA) is 82.9 Å². The fourth-order valence-electron chi connectivity index (χ4n) is 2.03. The molecule has 140 valence electrons. The van der Waals surface area contributed by atoms with Gasteiger partial charge in [-0.2, -0.15) is 10.2 Å². The summed E-state index contributed by atoms with van der Waals surface area (Å²) in [7, 11) is 0. The van der Waals surface area contributed by atoms with Crippen LogP contribution in [0.15, 0.2) is 70.9 Å². The van der Waals surface area contributed by atoms with Gasteiger partial charge in [-0.25, -0.2) is 10.9 Å². The Labute approximate surface area is 163 Å². The van der Waals surface area contributed by atoms with E-state index in [1.807, 2.05) is 60.7 Å². The third kappa shape index (κ3) is 7.45. The van der Waals surface area contributed by atoms with Crippen LogP contribution in [0.4, 0.5) is 0 Å². The second-order valence-electron chi connectivity index (χ2n) is 5.71. The normalized spacial score (nSPS) is 13.4. The van der Waals surface area contributed by atoms with Gasteiger partial charge in [-0.3, -0.25) is 9.59 Å². The van der Waals surface area contributed by atoms with E-state index >= 15 is 0 Å². The Kier molecular flexibility index (Phi) is 8.25. The highest BCUT2D eigenvalue weighted by Gasteiger charge is 2.21. The molecule has 2 rings (SSSR count). The van der Waals surface area contributed by atoms with Gasteiger partial charge in [0.2, 0.25) is 0 Å². The van der Waals surface area contributed by atoms with E-state index in [0.717, 1.165) is 11.1 Å². The molecule has 0 unspecified atom stereocenters. The Hall–Kier alpha value is -2.93. The highest BCUT2D eigenvalue weighted by Crippen LogP contribution is 2.17. The van der Waals surface area contributed by atoms with E-state index in [2.05, 4.69) is 21.1 Å². The molecule has 2 aromatic carbocycles. The molecule has 7 heteroatoms. The lowest BCUT2D eigenvalue weighted by Crippen LogP contribution is -2.33. The highest BCUT2D eigenvalue weighted by molar-refractivity contribution is 8.01. The Morgan fingerprint density at radius 1 is 0.778 bits per heavy atom. The van der Waals surface area contributed by atoms with Gasteiger partial charge in [0.25, 0.3) is 11.8 Å². The molecule has 0 saturated heterocycles. The molecule has 2 N–H and O–H groups in total. The SMILES string of the molecule is C[C@H](S[C@@H](C)C(=O)N/N=C/c1ccccc1)C(=O)N/N=C/c1ccccc1. The van der Waals surface area contributed by atoms with Crippen molar-refractivity contribution in [3.63, 3.8) is 0 Å². The van der Waals surface area contributed by atoms with Crippen LogP contribution in [0, 0.1) is 0 Å². The Balaban J connectivity index is 1.75. The average molecular weight is 382 g/mol. The molecule has 2 aromatic rings. The first-order chi connectivity index (χ1) is 13.1. The summed E-state index contributed by atoms with van der Waals surface area (Å²) >= 11 is 1.24. The van der Waals surface area contributed by atoms with Crippen LogP contribution >= 0.6 is 11.8 Å². The predicted molar refractivity (Wildman–Crippen MR) is 111 cm³/mol. The fourth-order valence-corrected chi connectivity index (χ4v) is 3.00. The summed E-state index contributed by atoms with van der Waals surface area (Å²) in [5.41, 5.74) is 6.76. The molecule has 0 saturated carbocycles. The number of nitrogens with zero attached hydrogens (tertiary/aromatic N) is 2. The number of hydrazone groups is 2. The van der Waals surface area contributed by atoms with Crippen molar-refractivity contribution < 1.29 is 9.59 Å². The van der Waals surface area contributed by atoms with Gasteiger partial charge in [-0.15, -0.1) is 11.8 Å². The van der Waals surface area contributed by atoms with Gasteiger partial charge in [0.1, 0.15) is 0 Å². The number of benzene rings is 2. The number of rotatable bonds is 8. The summed E-state index contributed by atoms with van der Waals surface area (Å²) < 4.78 is 0. The zero-order valence-electron chi connectivity index (χ0n) is 15.2. The number of thioether (sulfide) groups is 1. The predicted octanol–water partition coefficient (Wildman–Crippen LogP) is 2.80. The first-order valence-electron chi connectivity index (χ1n) is 8.47. The lowest BCUT2D eigenvalue weighted by atomic mass is 10.2. The lowest BCUT2D eigenvalue weighted by molar-refractivity contribution is -0.120. The van der Waals surface area contributed by atoms with Crippen LogP contribution in [-0.2, 0) is 9.59 Å². The monoisotopic (exact) mass is 382 g/mol. The van der Waals surface area contributed by atoms with E-state index in [-0.39, 0.29) is 11.8 Å². The molecule has 0 aliphatic heterocycles. The van der Waals surface area contributed by atoms with Crippen LogP contribution in [0.25, 0.3) is 0 Å². The van der Waals surface area contributed by atoms with Gasteiger partial charge >= 0.3 is 0 Å². The van der Waals surface area contributed by atoms with Crippen molar-refractivity contribution in [2.45, 2.75) is 24.3 Å². The molecular formula is C20H22N4O2S. The Morgan fingerprint density at radius 3 is 1.52 bits per heavy atom. The Bertz CT molecular complexity index is 727. The third-order valence-corrected chi connectivity index (χ3v) is 4.77. The smallest absolute Gasteiger partial charge is 0.252 e. The molecule has 0 radical (unpaired) electrons. The highest BCUT2D eigenvalue weighted by atomic mass is 32.2. The van der Waals surface area contributed by atoms with Crippen LogP contribution < -0.4 is 10.9 Å². The standard InChI is InChI=1S/C20H22N4O2S/c1-15(19(25)23-21-13-17-9-5-3-6-10-17)27-16(2)20(26)24-22-14-18-11-7-4-8-12-18/h3-16H,1-2H3,(H,23,25)(H,24,26)/b21-13+,22-14+/t15-,16-/m0/s1. The van der Waals surface area contributed by atoms with Crippen LogP contribution in [0.3, 0.4) is 0 Å². The maximum Gasteiger partial charge on any atom is 0.252 e. The first kappa shape index (κ1) is 20.4.